The van der Waals surface area contributed by atoms with Gasteiger partial charge in [0, 0.05) is 15.9 Å². The lowest BCUT2D eigenvalue weighted by molar-refractivity contribution is -0.136. The summed E-state index contributed by atoms with van der Waals surface area (Å²) in [6.07, 6.45) is -4.70. The zero-order valence-corrected chi connectivity index (χ0v) is 15.7. The fourth-order valence-corrected chi connectivity index (χ4v) is 3.73. The monoisotopic (exact) mass is 432 g/mol. The number of nitrogens with one attached hydrogen (secondary N) is 2. The van der Waals surface area contributed by atoms with Crippen LogP contribution in [0.3, 0.4) is 0 Å². The zero-order chi connectivity index (χ0) is 20.7. The molecule has 28 heavy (non-hydrogen) atoms. The van der Waals surface area contributed by atoms with Gasteiger partial charge in [0.2, 0.25) is 0 Å². The third kappa shape index (κ3) is 3.92. The quantitative estimate of drug-likeness (QED) is 0.653. The van der Waals surface area contributed by atoms with Gasteiger partial charge in [-0.25, -0.2) is 13.1 Å². The van der Waals surface area contributed by atoms with Gasteiger partial charge < -0.3 is 9.72 Å². The number of H-pyrrole nitrogens is 1. The molecular formula is C17H12ClF3N2O4S. The fraction of sp³-hybridized carbons (Fsp3) is 0.118. The number of aromatic amines is 1. The van der Waals surface area contributed by atoms with Crippen LogP contribution in [0.15, 0.2) is 47.4 Å². The van der Waals surface area contributed by atoms with E-state index in [9.17, 15) is 26.4 Å². The summed E-state index contributed by atoms with van der Waals surface area (Å²) in [5, 5.41) is -0.483. The highest BCUT2D eigenvalue weighted by atomic mass is 35.5. The van der Waals surface area contributed by atoms with Gasteiger partial charge in [0.1, 0.15) is 11.4 Å². The molecule has 11 heteroatoms. The average Bonchev–Trinajstić information content (AvgIpc) is 3.03. The minimum Gasteiger partial charge on any atom is -0.497 e. The van der Waals surface area contributed by atoms with E-state index in [0.717, 1.165) is 12.1 Å². The molecular weight excluding hydrogens is 421 g/mol. The first-order chi connectivity index (χ1) is 13.0. The van der Waals surface area contributed by atoms with Crippen molar-refractivity contribution in [2.75, 3.05) is 7.11 Å². The average molecular weight is 433 g/mol. The van der Waals surface area contributed by atoms with E-state index in [4.69, 9.17) is 16.3 Å². The third-order valence-corrected chi connectivity index (χ3v) is 5.41. The van der Waals surface area contributed by atoms with Crippen LogP contribution >= 0.6 is 11.6 Å². The Kier molecular flexibility index (Phi) is 5.02. The van der Waals surface area contributed by atoms with E-state index < -0.39 is 27.7 Å². The molecule has 3 aromatic rings. The maximum atomic E-state index is 13.2. The number of aromatic nitrogens is 1. The summed E-state index contributed by atoms with van der Waals surface area (Å²) >= 11 is 5.70. The van der Waals surface area contributed by atoms with Crippen LogP contribution < -0.4 is 9.46 Å². The van der Waals surface area contributed by atoms with Crippen molar-refractivity contribution in [3.05, 3.63) is 58.7 Å². The standard InChI is InChI=1S/C17H12ClF3N2O4S/c1-27-10-2-4-11(5-3-10)28(25,26)23-16(24)15-8-12-13(17(19,20)21)6-9(18)7-14(12)22-15/h2-8,22H,1H3,(H,23,24). The number of ether oxygens (including phenoxy) is 1. The molecule has 0 saturated heterocycles. The number of carbonyl (C=O) groups excluding carboxylic acids is 1. The number of benzene rings is 2. The molecule has 0 saturated carbocycles. The van der Waals surface area contributed by atoms with Gasteiger partial charge in [-0.05, 0) is 42.5 Å². The second-order valence-corrected chi connectivity index (χ2v) is 7.82. The molecule has 6 nitrogen and oxygen atoms in total. The molecule has 0 fully saturated rings. The Hall–Kier alpha value is -2.72. The van der Waals surface area contributed by atoms with E-state index >= 15 is 0 Å². The Labute approximate surface area is 162 Å². The molecule has 148 valence electrons. The molecule has 1 amide bonds. The summed E-state index contributed by atoms with van der Waals surface area (Å²) in [4.78, 5) is 14.6. The highest BCUT2D eigenvalue weighted by Gasteiger charge is 2.34. The first-order valence-corrected chi connectivity index (χ1v) is 9.48. The maximum absolute atomic E-state index is 13.2. The van der Waals surface area contributed by atoms with Crippen LogP contribution in [0.2, 0.25) is 5.02 Å². The van der Waals surface area contributed by atoms with E-state index in [1.165, 1.54) is 37.4 Å². The van der Waals surface area contributed by atoms with Crippen molar-refractivity contribution < 1.29 is 31.1 Å². The van der Waals surface area contributed by atoms with Gasteiger partial charge in [-0.15, -0.1) is 0 Å². The lowest BCUT2D eigenvalue weighted by atomic mass is 10.1. The minimum absolute atomic E-state index is 0.0492. The molecule has 2 aromatic carbocycles. The molecule has 0 unspecified atom stereocenters. The lowest BCUT2D eigenvalue weighted by Gasteiger charge is -2.08. The SMILES string of the molecule is COc1ccc(S(=O)(=O)NC(=O)c2cc3c(C(F)(F)F)cc(Cl)cc3[nH]2)cc1. The number of halogens is 4. The van der Waals surface area contributed by atoms with E-state index in [1.807, 2.05) is 4.72 Å². The van der Waals surface area contributed by atoms with Crippen LogP contribution in [-0.2, 0) is 16.2 Å². The summed E-state index contributed by atoms with van der Waals surface area (Å²) in [5.74, 6) is -0.700. The smallest absolute Gasteiger partial charge is 0.417 e. The highest BCUT2D eigenvalue weighted by Crippen LogP contribution is 2.37. The number of amides is 1. The summed E-state index contributed by atoms with van der Waals surface area (Å²) in [6.45, 7) is 0. The number of rotatable bonds is 4. The molecule has 0 aliphatic heterocycles. The number of hydrogen-bond acceptors (Lipinski definition) is 4. The minimum atomic E-state index is -4.70. The van der Waals surface area contributed by atoms with E-state index in [1.54, 1.807) is 0 Å². The molecule has 0 aliphatic rings. The van der Waals surface area contributed by atoms with Gasteiger partial charge >= 0.3 is 6.18 Å². The predicted molar refractivity (Wildman–Crippen MR) is 96.0 cm³/mol. The first-order valence-electron chi connectivity index (χ1n) is 7.62. The first kappa shape index (κ1) is 20.0. The molecule has 3 rings (SSSR count). The Morgan fingerprint density at radius 1 is 1.14 bits per heavy atom. The van der Waals surface area contributed by atoms with Gasteiger partial charge in [-0.2, -0.15) is 13.2 Å². The second kappa shape index (κ2) is 7.02. The van der Waals surface area contributed by atoms with Crippen molar-refractivity contribution in [2.45, 2.75) is 11.1 Å². The Morgan fingerprint density at radius 3 is 2.36 bits per heavy atom. The molecule has 0 atom stereocenters. The number of fused-ring (bicyclic) bond motifs is 1. The van der Waals surface area contributed by atoms with E-state index in [-0.39, 0.29) is 26.5 Å². The van der Waals surface area contributed by atoms with Crippen molar-refractivity contribution in [1.82, 2.24) is 9.71 Å². The molecule has 0 radical (unpaired) electrons. The molecule has 0 aliphatic carbocycles. The van der Waals surface area contributed by atoms with Gasteiger partial charge in [-0.1, -0.05) is 11.6 Å². The molecule has 0 spiro atoms. The predicted octanol–water partition coefficient (Wildman–Crippen LogP) is 3.97. The summed E-state index contributed by atoms with van der Waals surface area (Å²) in [6, 6.07) is 8.09. The number of methoxy groups -OCH3 is 1. The second-order valence-electron chi connectivity index (χ2n) is 5.71. The highest BCUT2D eigenvalue weighted by molar-refractivity contribution is 7.90. The van der Waals surface area contributed by atoms with Crippen molar-refractivity contribution >= 4 is 38.4 Å². The van der Waals surface area contributed by atoms with Crippen LogP contribution in [0.25, 0.3) is 10.9 Å². The Morgan fingerprint density at radius 2 is 1.79 bits per heavy atom. The molecule has 1 aromatic heterocycles. The number of alkyl halides is 3. The maximum Gasteiger partial charge on any atom is 0.417 e. The van der Waals surface area contributed by atoms with E-state index in [2.05, 4.69) is 4.98 Å². The number of carbonyl (C=O) groups is 1. The topological polar surface area (TPSA) is 88.3 Å². The van der Waals surface area contributed by atoms with Crippen molar-refractivity contribution in [1.29, 1.82) is 0 Å². The zero-order valence-electron chi connectivity index (χ0n) is 14.1. The van der Waals surface area contributed by atoms with Crippen LogP contribution in [0.1, 0.15) is 16.1 Å². The van der Waals surface area contributed by atoms with E-state index in [0.29, 0.717) is 5.75 Å². The normalized spacial score (nSPS) is 12.2. The summed E-state index contributed by atoms with van der Waals surface area (Å²) in [5.41, 5.74) is -1.45. The Bertz CT molecular complexity index is 1160. The van der Waals surface area contributed by atoms with Gasteiger partial charge in [0.05, 0.1) is 17.6 Å². The number of hydrogen-bond donors (Lipinski definition) is 2. The van der Waals surface area contributed by atoms with Crippen LogP contribution in [-0.4, -0.2) is 26.4 Å². The Balaban J connectivity index is 1.95. The third-order valence-electron chi connectivity index (χ3n) is 3.85. The van der Waals surface area contributed by atoms with Gasteiger partial charge in [0.15, 0.2) is 0 Å². The molecule has 2 N–H and O–H groups in total. The summed E-state index contributed by atoms with van der Waals surface area (Å²) < 4.78 is 70.9. The number of sulfonamides is 1. The van der Waals surface area contributed by atoms with Crippen molar-refractivity contribution in [3.8, 4) is 5.75 Å². The molecule has 0 bridgehead atoms. The fourth-order valence-electron chi connectivity index (χ4n) is 2.55. The van der Waals surface area contributed by atoms with Crippen LogP contribution in [0.5, 0.6) is 5.75 Å². The van der Waals surface area contributed by atoms with Gasteiger partial charge in [0.25, 0.3) is 15.9 Å². The summed E-state index contributed by atoms with van der Waals surface area (Å²) in [7, 11) is -2.83. The van der Waals surface area contributed by atoms with Crippen LogP contribution in [0.4, 0.5) is 13.2 Å². The van der Waals surface area contributed by atoms with Crippen molar-refractivity contribution in [2.24, 2.45) is 0 Å². The lowest BCUT2D eigenvalue weighted by Crippen LogP contribution is -2.30. The molecule has 1 heterocycles. The van der Waals surface area contributed by atoms with Gasteiger partial charge in [-0.3, -0.25) is 4.79 Å². The van der Waals surface area contributed by atoms with Crippen LogP contribution in [0, 0.1) is 0 Å². The largest absolute Gasteiger partial charge is 0.497 e. The van der Waals surface area contributed by atoms with Crippen molar-refractivity contribution in [3.63, 3.8) is 0 Å².